The summed E-state index contributed by atoms with van der Waals surface area (Å²) >= 11 is 1.59. The zero-order chi connectivity index (χ0) is 15.9. The second-order valence-electron chi connectivity index (χ2n) is 8.20. The molecule has 0 saturated carbocycles. The van der Waals surface area contributed by atoms with E-state index in [1.165, 1.54) is 38.5 Å². The van der Waals surface area contributed by atoms with Crippen LogP contribution in [0.15, 0.2) is 24.3 Å². The molecule has 132 valence electrons. The zero-order valence-electron chi connectivity index (χ0n) is 14.3. The van der Waals surface area contributed by atoms with E-state index in [1.807, 2.05) is 0 Å². The molecule has 8 bridgehead atoms. The van der Waals surface area contributed by atoms with E-state index in [9.17, 15) is 0 Å². The first-order valence-corrected chi connectivity index (χ1v) is 10.9. The van der Waals surface area contributed by atoms with Crippen molar-refractivity contribution in [2.75, 3.05) is 0 Å². The van der Waals surface area contributed by atoms with Crippen LogP contribution in [0.5, 0.6) is 0 Å². The Bertz CT molecular complexity index is 433. The minimum absolute atomic E-state index is 0.373. The van der Waals surface area contributed by atoms with Crippen molar-refractivity contribution in [3.05, 3.63) is 24.3 Å². The van der Waals surface area contributed by atoms with Crippen molar-refractivity contribution in [2.24, 2.45) is 0 Å². The summed E-state index contributed by atoms with van der Waals surface area (Å²) in [5, 5.41) is 1.40. The summed E-state index contributed by atoms with van der Waals surface area (Å²) in [4.78, 5) is 0. The lowest BCUT2D eigenvalue weighted by molar-refractivity contribution is -0.133. The minimum Gasteiger partial charge on any atom is -0.423 e. The second kappa shape index (κ2) is 6.79. The molecular weight excluding hydrogens is 320 g/mol. The van der Waals surface area contributed by atoms with Crippen LogP contribution in [-0.4, -0.2) is 51.9 Å². The van der Waals surface area contributed by atoms with E-state index in [0.717, 1.165) is 12.8 Å². The summed E-state index contributed by atoms with van der Waals surface area (Å²) < 4.78 is 17.7. The maximum Gasteiger partial charge on any atom is 0.177 e. The highest BCUT2D eigenvalue weighted by Gasteiger charge is 2.39. The minimum atomic E-state index is 0.373. The molecule has 5 rings (SSSR count). The molecule has 1 N–H and O–H groups in total. The molecule has 0 aromatic heterocycles. The predicted molar refractivity (Wildman–Crippen MR) is 98.7 cm³/mol. The number of hydrogen-bond donors (Lipinski definition) is 0. The van der Waals surface area contributed by atoms with Crippen LogP contribution in [0, 0.1) is 0 Å². The Morgan fingerprint density at radius 2 is 1.08 bits per heavy atom. The lowest BCUT2D eigenvalue weighted by Gasteiger charge is -2.19. The Balaban J connectivity index is 1.28. The number of thiol groups is 1. The highest BCUT2D eigenvalue weighted by atomic mass is 32.2. The molecule has 3 saturated heterocycles. The van der Waals surface area contributed by atoms with E-state index < -0.39 is 0 Å². The summed E-state index contributed by atoms with van der Waals surface area (Å²) in [5.41, 5.74) is 0. The molecule has 0 aliphatic carbocycles. The fourth-order valence-corrected chi connectivity index (χ4v) is 6.70. The normalized spacial score (nSPS) is 50.7. The molecule has 5 aliphatic rings. The molecule has 8 atom stereocenters. The first-order chi connectivity index (χ1) is 11.8. The maximum atomic E-state index is 6.36. The van der Waals surface area contributed by atoms with Crippen LogP contribution in [0.1, 0.15) is 51.4 Å². The van der Waals surface area contributed by atoms with Crippen molar-refractivity contribution in [2.45, 2.75) is 98.5 Å². The van der Waals surface area contributed by atoms with Crippen LogP contribution < -0.4 is 0 Å². The standard InChI is InChI=1S/C20H28O3S/c1-2-14-10-16-4-6-18(23-16)12-20-8-7-19(24-20)11-17-5-3-15(22-17)9-13(1)21-14/h1-2,7-8,13-20H,3-6,9-12H2/p+2. The van der Waals surface area contributed by atoms with Gasteiger partial charge in [0.2, 0.25) is 0 Å². The molecule has 3 fully saturated rings. The summed E-state index contributed by atoms with van der Waals surface area (Å²) in [6.07, 6.45) is 21.6. The average Bonchev–Trinajstić information content (AvgIpc) is 3.32. The van der Waals surface area contributed by atoms with E-state index in [1.54, 1.807) is 11.8 Å². The summed E-state index contributed by atoms with van der Waals surface area (Å²) in [5.74, 6) is 0. The van der Waals surface area contributed by atoms with Crippen LogP contribution in [0.3, 0.4) is 0 Å². The summed E-state index contributed by atoms with van der Waals surface area (Å²) in [6.45, 7) is 0. The van der Waals surface area contributed by atoms with Crippen molar-refractivity contribution >= 4 is 11.8 Å². The molecule has 5 aliphatic heterocycles. The maximum absolute atomic E-state index is 6.36. The van der Waals surface area contributed by atoms with Crippen molar-refractivity contribution < 1.29 is 14.2 Å². The number of hydrogen-bond acceptors (Lipinski definition) is 2. The molecule has 3 nitrogen and oxygen atoms in total. The first-order valence-electron chi connectivity index (χ1n) is 9.87. The van der Waals surface area contributed by atoms with E-state index >= 15 is 0 Å². The lowest BCUT2D eigenvalue weighted by Crippen LogP contribution is -2.27. The van der Waals surface area contributed by atoms with Gasteiger partial charge >= 0.3 is 0 Å². The zero-order valence-corrected chi connectivity index (χ0v) is 15.2. The average molecular weight is 351 g/mol. The quantitative estimate of drug-likeness (QED) is 0.382. The molecule has 24 heavy (non-hydrogen) atoms. The number of fused-ring (bicyclic) bond motifs is 8. The molecule has 8 unspecified atom stereocenters. The fourth-order valence-electron chi connectivity index (χ4n) is 5.09. The Hall–Kier alpha value is -0.290. The van der Waals surface area contributed by atoms with E-state index in [-0.39, 0.29) is 0 Å². The van der Waals surface area contributed by atoms with Crippen LogP contribution in [0.25, 0.3) is 0 Å². The van der Waals surface area contributed by atoms with Crippen molar-refractivity contribution in [1.29, 1.82) is 0 Å². The monoisotopic (exact) mass is 350 g/mol. The lowest BCUT2D eigenvalue weighted by atomic mass is 10.1. The van der Waals surface area contributed by atoms with E-state index in [0.29, 0.717) is 47.1 Å². The predicted octanol–water partition coefficient (Wildman–Crippen LogP) is 2.61. The van der Waals surface area contributed by atoms with Gasteiger partial charge in [0.25, 0.3) is 0 Å². The molecule has 0 spiro atoms. The first kappa shape index (κ1) is 15.9. The third-order valence-electron chi connectivity index (χ3n) is 6.29. The smallest absolute Gasteiger partial charge is 0.177 e. The molecular formula is C20H30O3S+2. The third kappa shape index (κ3) is 3.48. The van der Waals surface area contributed by atoms with Gasteiger partial charge in [0, 0.05) is 25.7 Å². The van der Waals surface area contributed by atoms with Gasteiger partial charge in [-0.1, -0.05) is 0 Å². The highest BCUT2D eigenvalue weighted by Crippen LogP contribution is 2.34. The van der Waals surface area contributed by atoms with Crippen LogP contribution in [0.2, 0.25) is 0 Å². The van der Waals surface area contributed by atoms with E-state index in [2.05, 4.69) is 24.3 Å². The highest BCUT2D eigenvalue weighted by molar-refractivity contribution is 7.80. The largest absolute Gasteiger partial charge is 0.423 e. The van der Waals surface area contributed by atoms with Crippen molar-refractivity contribution in [3.8, 4) is 0 Å². The van der Waals surface area contributed by atoms with Crippen LogP contribution >= 0.6 is 0 Å². The molecule has 0 radical (unpaired) electrons. The fraction of sp³-hybridized carbons (Fsp3) is 0.800. The van der Waals surface area contributed by atoms with Gasteiger partial charge in [-0.25, -0.2) is 0 Å². The molecule has 0 amide bonds. The molecule has 0 aromatic carbocycles. The Morgan fingerprint density at radius 3 is 1.58 bits per heavy atom. The Kier molecular flexibility index (Phi) is 4.50. The topological polar surface area (TPSA) is 31.3 Å². The van der Waals surface area contributed by atoms with Gasteiger partial charge in [-0.2, -0.15) is 0 Å². The SMILES string of the molecule is C1=CC2CC3CCC(CC4C=CC(CC5CCC(CC1[OH+]2)O5)[SH+]4)O3. The van der Waals surface area contributed by atoms with E-state index in [4.69, 9.17) is 14.2 Å². The van der Waals surface area contributed by atoms with Gasteiger partial charge in [-0.15, -0.1) is 0 Å². The Morgan fingerprint density at radius 1 is 0.625 bits per heavy atom. The summed E-state index contributed by atoms with van der Waals surface area (Å²) in [7, 11) is 0. The third-order valence-corrected chi connectivity index (χ3v) is 7.82. The Labute approximate surface area is 149 Å². The van der Waals surface area contributed by atoms with Crippen molar-refractivity contribution in [3.63, 3.8) is 0 Å². The molecule has 0 aromatic rings. The van der Waals surface area contributed by atoms with Gasteiger partial charge < -0.3 is 14.2 Å². The molecule has 5 heterocycles. The number of aliphatic hydroxyl groups is 2. The molecule has 4 heteroatoms. The van der Waals surface area contributed by atoms with Gasteiger partial charge in [0.1, 0.15) is 10.5 Å². The number of ether oxygens (including phenoxy) is 3. The van der Waals surface area contributed by atoms with Gasteiger partial charge in [-0.3, -0.25) is 0 Å². The van der Waals surface area contributed by atoms with Crippen molar-refractivity contribution in [1.82, 2.24) is 0 Å². The summed E-state index contributed by atoms with van der Waals surface area (Å²) in [6, 6.07) is 0. The number of rotatable bonds is 0. The van der Waals surface area contributed by atoms with Crippen LogP contribution in [-0.2, 0) is 21.2 Å². The van der Waals surface area contributed by atoms with Gasteiger partial charge in [0.05, 0.1) is 24.4 Å². The second-order valence-corrected chi connectivity index (χ2v) is 9.82. The van der Waals surface area contributed by atoms with Crippen LogP contribution in [0.4, 0.5) is 0 Å². The van der Waals surface area contributed by atoms with Gasteiger partial charge in [0.15, 0.2) is 12.2 Å². The van der Waals surface area contributed by atoms with Gasteiger partial charge in [-0.05, 0) is 61.7 Å².